The average Bonchev–Trinajstić information content (AvgIpc) is 2.66. The van der Waals surface area contributed by atoms with Gasteiger partial charge >= 0.3 is 0 Å². The summed E-state index contributed by atoms with van der Waals surface area (Å²) in [6.07, 6.45) is 14.3. The van der Waals surface area contributed by atoms with Crippen LogP contribution in [0.15, 0.2) is 18.2 Å². The summed E-state index contributed by atoms with van der Waals surface area (Å²) in [6.45, 7) is 2.27. The lowest BCUT2D eigenvalue weighted by molar-refractivity contribution is -0.000899. The number of benzene rings is 1. The van der Waals surface area contributed by atoms with E-state index in [1.807, 2.05) is 7.11 Å². The Morgan fingerprint density at radius 2 is 1.62 bits per heavy atom. The molecule has 0 amide bonds. The smallest absolute Gasteiger partial charge is 0.0574 e. The third kappa shape index (κ3) is 3.29. The number of rotatable bonds is 3. The van der Waals surface area contributed by atoms with Crippen molar-refractivity contribution in [2.75, 3.05) is 7.11 Å². The average molecular weight is 327 g/mol. The SMILES string of the molecule is CCc1ccc2c(c1)CCC(C1CCC3C[C@H](OC)CC[C@@H]3C1)C2. The molecule has 0 aliphatic heterocycles. The van der Waals surface area contributed by atoms with Crippen molar-refractivity contribution in [3.63, 3.8) is 0 Å². The van der Waals surface area contributed by atoms with E-state index in [2.05, 4.69) is 25.1 Å². The number of aryl methyl sites for hydroxylation is 2. The van der Waals surface area contributed by atoms with E-state index in [1.165, 1.54) is 69.8 Å². The molecule has 0 bridgehead atoms. The Labute approximate surface area is 148 Å². The van der Waals surface area contributed by atoms with Crippen LogP contribution in [0.3, 0.4) is 0 Å². The maximum absolute atomic E-state index is 5.64. The Hall–Kier alpha value is -0.820. The van der Waals surface area contributed by atoms with Gasteiger partial charge in [-0.25, -0.2) is 0 Å². The first-order valence-electron chi connectivity index (χ1n) is 10.4. The van der Waals surface area contributed by atoms with E-state index in [-0.39, 0.29) is 0 Å². The lowest BCUT2D eigenvalue weighted by Gasteiger charge is -2.44. The summed E-state index contributed by atoms with van der Waals surface area (Å²) in [5.41, 5.74) is 4.83. The second-order valence-electron chi connectivity index (χ2n) is 8.72. The third-order valence-corrected chi connectivity index (χ3v) is 7.55. The number of ether oxygens (including phenoxy) is 1. The van der Waals surface area contributed by atoms with Gasteiger partial charge in [0.15, 0.2) is 0 Å². The zero-order valence-electron chi connectivity index (χ0n) is 15.6. The lowest BCUT2D eigenvalue weighted by atomic mass is 9.62. The fourth-order valence-corrected chi connectivity index (χ4v) is 5.98. The van der Waals surface area contributed by atoms with Gasteiger partial charge in [0.25, 0.3) is 0 Å². The van der Waals surface area contributed by atoms with Crippen molar-refractivity contribution < 1.29 is 4.74 Å². The van der Waals surface area contributed by atoms with Gasteiger partial charge in [0.05, 0.1) is 6.10 Å². The third-order valence-electron chi connectivity index (χ3n) is 7.55. The molecule has 0 saturated heterocycles. The molecular formula is C23H34O. The molecule has 1 aromatic carbocycles. The molecule has 1 aromatic rings. The van der Waals surface area contributed by atoms with Crippen molar-refractivity contribution in [3.05, 3.63) is 34.9 Å². The van der Waals surface area contributed by atoms with Crippen LogP contribution in [-0.2, 0) is 24.0 Å². The molecule has 3 aliphatic rings. The first-order chi connectivity index (χ1) is 11.8. The van der Waals surface area contributed by atoms with E-state index in [4.69, 9.17) is 4.74 Å². The molecular weight excluding hydrogens is 292 g/mol. The molecule has 0 spiro atoms. The van der Waals surface area contributed by atoms with E-state index in [1.54, 1.807) is 11.1 Å². The van der Waals surface area contributed by atoms with Crippen LogP contribution >= 0.6 is 0 Å². The number of methoxy groups -OCH3 is 1. The molecule has 5 atom stereocenters. The monoisotopic (exact) mass is 326 g/mol. The van der Waals surface area contributed by atoms with E-state index >= 15 is 0 Å². The van der Waals surface area contributed by atoms with Crippen LogP contribution in [-0.4, -0.2) is 13.2 Å². The van der Waals surface area contributed by atoms with E-state index in [0.717, 1.165) is 23.7 Å². The van der Waals surface area contributed by atoms with Gasteiger partial charge in [-0.3, -0.25) is 0 Å². The molecule has 1 nitrogen and oxygen atoms in total. The highest BCUT2D eigenvalue weighted by Gasteiger charge is 2.38. The summed E-state index contributed by atoms with van der Waals surface area (Å²) in [5, 5.41) is 0. The van der Waals surface area contributed by atoms with Crippen molar-refractivity contribution >= 4 is 0 Å². The van der Waals surface area contributed by atoms with Crippen LogP contribution in [0.4, 0.5) is 0 Å². The number of hydrogen-bond donors (Lipinski definition) is 0. The van der Waals surface area contributed by atoms with Gasteiger partial charge in [-0.2, -0.15) is 0 Å². The molecule has 2 saturated carbocycles. The lowest BCUT2D eigenvalue weighted by Crippen LogP contribution is -2.36. The number of hydrogen-bond acceptors (Lipinski definition) is 1. The van der Waals surface area contributed by atoms with E-state index in [9.17, 15) is 0 Å². The number of fused-ring (bicyclic) bond motifs is 2. The maximum atomic E-state index is 5.64. The minimum absolute atomic E-state index is 0.553. The molecule has 0 N–H and O–H groups in total. The summed E-state index contributed by atoms with van der Waals surface area (Å²) >= 11 is 0. The zero-order valence-corrected chi connectivity index (χ0v) is 15.6. The molecule has 0 heterocycles. The Morgan fingerprint density at radius 3 is 2.42 bits per heavy atom. The van der Waals surface area contributed by atoms with Crippen LogP contribution in [0, 0.1) is 23.7 Å². The Bertz CT molecular complexity index is 563. The largest absolute Gasteiger partial charge is 0.381 e. The molecule has 2 fully saturated rings. The first-order valence-corrected chi connectivity index (χ1v) is 10.4. The van der Waals surface area contributed by atoms with Crippen LogP contribution in [0.25, 0.3) is 0 Å². The summed E-state index contributed by atoms with van der Waals surface area (Å²) in [7, 11) is 1.90. The molecule has 1 heteroatoms. The van der Waals surface area contributed by atoms with Crippen molar-refractivity contribution in [1.29, 1.82) is 0 Å². The zero-order chi connectivity index (χ0) is 16.5. The molecule has 3 unspecified atom stereocenters. The topological polar surface area (TPSA) is 9.23 Å². The highest BCUT2D eigenvalue weighted by molar-refractivity contribution is 5.34. The fourth-order valence-electron chi connectivity index (χ4n) is 5.98. The normalized spacial score (nSPS) is 36.0. The quantitative estimate of drug-likeness (QED) is 0.704. The minimum atomic E-state index is 0.553. The summed E-state index contributed by atoms with van der Waals surface area (Å²) in [6, 6.07) is 7.29. The Kier molecular flexibility index (Phi) is 4.99. The van der Waals surface area contributed by atoms with Crippen molar-refractivity contribution in [1.82, 2.24) is 0 Å². The van der Waals surface area contributed by atoms with Gasteiger partial charge in [-0.1, -0.05) is 25.1 Å². The highest BCUT2D eigenvalue weighted by atomic mass is 16.5. The molecule has 132 valence electrons. The minimum Gasteiger partial charge on any atom is -0.381 e. The van der Waals surface area contributed by atoms with Gasteiger partial charge in [-0.15, -0.1) is 0 Å². The molecule has 0 aromatic heterocycles. The predicted octanol–water partition coefficient (Wildman–Crippen LogP) is 5.59. The van der Waals surface area contributed by atoms with Crippen molar-refractivity contribution in [2.24, 2.45) is 23.7 Å². The summed E-state index contributed by atoms with van der Waals surface area (Å²) in [5.74, 6) is 3.90. The van der Waals surface area contributed by atoms with Gasteiger partial charge in [0.1, 0.15) is 0 Å². The van der Waals surface area contributed by atoms with Crippen LogP contribution < -0.4 is 0 Å². The fraction of sp³-hybridized carbons (Fsp3) is 0.739. The van der Waals surface area contributed by atoms with Crippen LogP contribution in [0.2, 0.25) is 0 Å². The Morgan fingerprint density at radius 1 is 0.875 bits per heavy atom. The standard InChI is InChI=1S/C23H34O/c1-3-16-4-5-18-13-19(7-6-17(18)12-16)20-8-9-22-15-23(24-2)11-10-21(22)14-20/h4-5,12,19-23H,3,6-11,13-15H2,1-2H3/t19?,20?,21-,22?,23-/m1/s1. The van der Waals surface area contributed by atoms with Crippen molar-refractivity contribution in [3.8, 4) is 0 Å². The molecule has 3 aliphatic carbocycles. The van der Waals surface area contributed by atoms with Gasteiger partial charge in [0.2, 0.25) is 0 Å². The maximum Gasteiger partial charge on any atom is 0.0574 e. The van der Waals surface area contributed by atoms with Crippen molar-refractivity contribution in [2.45, 2.75) is 77.2 Å². The summed E-state index contributed by atoms with van der Waals surface area (Å²) < 4.78 is 5.64. The summed E-state index contributed by atoms with van der Waals surface area (Å²) in [4.78, 5) is 0. The van der Waals surface area contributed by atoms with E-state index in [0.29, 0.717) is 6.10 Å². The molecule has 4 rings (SSSR count). The van der Waals surface area contributed by atoms with Gasteiger partial charge < -0.3 is 4.74 Å². The van der Waals surface area contributed by atoms with Crippen LogP contribution in [0.1, 0.15) is 68.6 Å². The van der Waals surface area contributed by atoms with E-state index < -0.39 is 0 Å². The van der Waals surface area contributed by atoms with Crippen LogP contribution in [0.5, 0.6) is 0 Å². The second kappa shape index (κ2) is 7.20. The predicted molar refractivity (Wildman–Crippen MR) is 100 cm³/mol. The van der Waals surface area contributed by atoms with Gasteiger partial charge in [0, 0.05) is 7.11 Å². The van der Waals surface area contributed by atoms with Gasteiger partial charge in [-0.05, 0) is 105 Å². The first kappa shape index (κ1) is 16.6. The molecule has 24 heavy (non-hydrogen) atoms. The Balaban J connectivity index is 1.39. The highest BCUT2D eigenvalue weighted by Crippen LogP contribution is 2.47. The second-order valence-corrected chi connectivity index (χ2v) is 8.72. The molecule has 0 radical (unpaired) electrons.